The summed E-state index contributed by atoms with van der Waals surface area (Å²) in [5, 5.41) is 10.2. The summed E-state index contributed by atoms with van der Waals surface area (Å²) in [6.07, 6.45) is 3.18. The predicted molar refractivity (Wildman–Crippen MR) is 99.7 cm³/mol. The minimum atomic E-state index is -0.896. The second kappa shape index (κ2) is 6.72. The molecule has 1 aliphatic rings. The Labute approximate surface area is 150 Å². The number of anilines is 1. The molecule has 3 rings (SSSR count). The summed E-state index contributed by atoms with van der Waals surface area (Å²) in [7, 11) is -0.896. The summed E-state index contributed by atoms with van der Waals surface area (Å²) in [6, 6.07) is 5.11. The van der Waals surface area contributed by atoms with Crippen molar-refractivity contribution in [1.29, 1.82) is 5.26 Å². The van der Waals surface area contributed by atoms with Crippen LogP contribution in [-0.4, -0.2) is 32.8 Å². The Hall–Kier alpha value is -2.00. The fraction of sp³-hybridized carbons (Fsp3) is 0.474. The zero-order valence-electron chi connectivity index (χ0n) is 14.8. The minimum Gasteiger partial charge on any atom is -0.367 e. The summed E-state index contributed by atoms with van der Waals surface area (Å²) < 4.78 is 26.4. The quantitative estimate of drug-likeness (QED) is 0.839. The predicted octanol–water partition coefficient (Wildman–Crippen LogP) is 3.68. The highest BCUT2D eigenvalue weighted by Crippen LogP contribution is 2.37. The van der Waals surface area contributed by atoms with Gasteiger partial charge in [-0.25, -0.2) is 4.39 Å². The van der Waals surface area contributed by atoms with Gasteiger partial charge in [0.15, 0.2) is 0 Å². The first-order valence-electron chi connectivity index (χ1n) is 8.58. The smallest absolute Gasteiger partial charge is 0.124 e. The van der Waals surface area contributed by atoms with Crippen LogP contribution in [0.5, 0.6) is 0 Å². The molecule has 1 aromatic carbocycles. The molecule has 4 nitrogen and oxygen atoms in total. The zero-order chi connectivity index (χ0) is 18.2. The first-order valence-corrected chi connectivity index (χ1v) is 9.90. The van der Waals surface area contributed by atoms with E-state index < -0.39 is 10.8 Å². The van der Waals surface area contributed by atoms with Crippen molar-refractivity contribution in [2.45, 2.75) is 38.4 Å². The van der Waals surface area contributed by atoms with Crippen LogP contribution < -0.4 is 4.90 Å². The summed E-state index contributed by atoms with van der Waals surface area (Å²) in [4.78, 5) is 6.47. The minimum absolute atomic E-state index is 0.289. The zero-order valence-corrected chi connectivity index (χ0v) is 15.6. The van der Waals surface area contributed by atoms with Gasteiger partial charge < -0.3 is 4.90 Å². The average Bonchev–Trinajstić information content (AvgIpc) is 2.61. The van der Waals surface area contributed by atoms with Crippen molar-refractivity contribution in [2.75, 3.05) is 23.7 Å². The van der Waals surface area contributed by atoms with Crippen molar-refractivity contribution in [3.8, 4) is 6.07 Å². The van der Waals surface area contributed by atoms with Gasteiger partial charge in [0.2, 0.25) is 0 Å². The van der Waals surface area contributed by atoms with Gasteiger partial charge in [-0.15, -0.1) is 0 Å². The molecule has 0 aliphatic carbocycles. The summed E-state index contributed by atoms with van der Waals surface area (Å²) in [5.74, 6) is 0.228. The highest BCUT2D eigenvalue weighted by molar-refractivity contribution is 7.86. The summed E-state index contributed by atoms with van der Waals surface area (Å²) in [6.45, 7) is 7.14. The lowest BCUT2D eigenvalue weighted by molar-refractivity contribution is 0.496. The van der Waals surface area contributed by atoms with Crippen LogP contribution in [0.4, 0.5) is 10.1 Å². The normalized spacial score (nSPS) is 19.8. The highest BCUT2D eigenvalue weighted by Gasteiger charge is 2.39. The van der Waals surface area contributed by atoms with Gasteiger partial charge in [0.25, 0.3) is 0 Å². The van der Waals surface area contributed by atoms with Gasteiger partial charge in [-0.3, -0.25) is 9.19 Å². The van der Waals surface area contributed by atoms with Crippen molar-refractivity contribution < 1.29 is 8.60 Å². The number of benzene rings is 1. The topological polar surface area (TPSA) is 57.0 Å². The fourth-order valence-electron chi connectivity index (χ4n) is 3.74. The number of nitriles is 1. The Morgan fingerprint density at radius 1 is 1.40 bits per heavy atom. The Balaban J connectivity index is 2.21. The molecule has 1 fully saturated rings. The van der Waals surface area contributed by atoms with E-state index in [2.05, 4.69) is 29.8 Å². The van der Waals surface area contributed by atoms with E-state index in [1.807, 2.05) is 6.92 Å². The lowest BCUT2D eigenvalue weighted by Crippen LogP contribution is -2.53. The number of rotatable bonds is 3. The maximum absolute atomic E-state index is 14.0. The van der Waals surface area contributed by atoms with Gasteiger partial charge in [0.1, 0.15) is 11.9 Å². The molecule has 1 atom stereocenters. The van der Waals surface area contributed by atoms with Crippen LogP contribution in [0.2, 0.25) is 0 Å². The first-order chi connectivity index (χ1) is 12.0. The Morgan fingerprint density at radius 2 is 2.12 bits per heavy atom. The molecule has 6 heteroatoms. The number of pyridine rings is 1. The standard InChI is InChI=1S/C19H22FN3OS/c1-4-19(5-2)12-23(6-7-25(19)24)18-14(10-21)11-22-17-13(3)8-15(20)9-16(17)18/h8-9,11H,4-7,12H2,1-3H3. The third-order valence-electron chi connectivity index (χ3n) is 5.33. The molecule has 0 N–H and O–H groups in total. The van der Waals surface area contributed by atoms with Crippen molar-refractivity contribution in [1.82, 2.24) is 4.98 Å². The van der Waals surface area contributed by atoms with Crippen molar-refractivity contribution in [2.24, 2.45) is 0 Å². The van der Waals surface area contributed by atoms with Gasteiger partial charge in [0, 0.05) is 41.2 Å². The second-order valence-corrected chi connectivity index (χ2v) is 8.58. The van der Waals surface area contributed by atoms with Crippen molar-refractivity contribution in [3.05, 3.63) is 35.3 Å². The number of hydrogen-bond acceptors (Lipinski definition) is 4. The molecule has 0 bridgehead atoms. The molecule has 1 unspecified atom stereocenters. The van der Waals surface area contributed by atoms with Gasteiger partial charge in [-0.05, 0) is 37.5 Å². The number of nitrogens with zero attached hydrogens (tertiary/aromatic N) is 3. The molecule has 0 saturated carbocycles. The molecule has 25 heavy (non-hydrogen) atoms. The molecule has 0 amide bonds. The van der Waals surface area contributed by atoms with Gasteiger partial charge >= 0.3 is 0 Å². The third-order valence-corrected chi connectivity index (χ3v) is 7.56. The summed E-state index contributed by atoms with van der Waals surface area (Å²) >= 11 is 0. The van der Waals surface area contributed by atoms with E-state index >= 15 is 0 Å². The maximum Gasteiger partial charge on any atom is 0.124 e. The molecule has 0 radical (unpaired) electrons. The highest BCUT2D eigenvalue weighted by atomic mass is 32.2. The number of aryl methyl sites for hydroxylation is 1. The number of fused-ring (bicyclic) bond motifs is 1. The van der Waals surface area contributed by atoms with Crippen LogP contribution in [0.15, 0.2) is 18.3 Å². The molecule has 2 heterocycles. The molecular formula is C19H22FN3OS. The van der Waals surface area contributed by atoms with Crippen LogP contribution in [-0.2, 0) is 10.8 Å². The van der Waals surface area contributed by atoms with E-state index in [4.69, 9.17) is 0 Å². The number of hydrogen-bond donors (Lipinski definition) is 0. The van der Waals surface area contributed by atoms with E-state index in [9.17, 15) is 13.9 Å². The van der Waals surface area contributed by atoms with E-state index in [0.29, 0.717) is 35.3 Å². The maximum atomic E-state index is 14.0. The van der Waals surface area contributed by atoms with Crippen molar-refractivity contribution in [3.63, 3.8) is 0 Å². The van der Waals surface area contributed by atoms with Gasteiger partial charge in [-0.2, -0.15) is 5.26 Å². The Kier molecular flexibility index (Phi) is 4.79. The molecule has 2 aromatic rings. The van der Waals surface area contributed by atoms with E-state index in [1.165, 1.54) is 12.1 Å². The largest absolute Gasteiger partial charge is 0.367 e. The van der Waals surface area contributed by atoms with Crippen LogP contribution in [0, 0.1) is 24.1 Å². The lowest BCUT2D eigenvalue weighted by Gasteiger charge is -2.42. The molecule has 1 saturated heterocycles. The summed E-state index contributed by atoms with van der Waals surface area (Å²) in [5.41, 5.74) is 2.61. The van der Waals surface area contributed by atoms with Crippen LogP contribution in [0.25, 0.3) is 10.9 Å². The molecule has 1 aliphatic heterocycles. The lowest BCUT2D eigenvalue weighted by atomic mass is 9.99. The Morgan fingerprint density at radius 3 is 2.76 bits per heavy atom. The molecule has 1 aromatic heterocycles. The third kappa shape index (κ3) is 2.91. The van der Waals surface area contributed by atoms with E-state index in [0.717, 1.165) is 24.1 Å². The molecular weight excluding hydrogens is 337 g/mol. The average molecular weight is 359 g/mol. The fourth-order valence-corrected chi connectivity index (χ4v) is 5.50. The first kappa shape index (κ1) is 17.8. The number of halogens is 1. The van der Waals surface area contributed by atoms with Crippen molar-refractivity contribution >= 4 is 27.4 Å². The number of aromatic nitrogens is 1. The second-order valence-electron chi connectivity index (χ2n) is 6.61. The SMILES string of the molecule is CCC1(CC)CN(c2c(C#N)cnc3c(C)cc(F)cc23)CCS1=O. The van der Waals surface area contributed by atoms with Crippen LogP contribution >= 0.6 is 0 Å². The van der Waals surface area contributed by atoms with Crippen LogP contribution in [0.1, 0.15) is 37.8 Å². The van der Waals surface area contributed by atoms with E-state index in [1.54, 1.807) is 6.20 Å². The molecule has 132 valence electrons. The molecule has 0 spiro atoms. The van der Waals surface area contributed by atoms with Gasteiger partial charge in [-0.1, -0.05) is 13.8 Å². The van der Waals surface area contributed by atoms with Gasteiger partial charge in [0.05, 0.1) is 21.5 Å². The van der Waals surface area contributed by atoms with E-state index in [-0.39, 0.29) is 10.6 Å². The Bertz CT molecular complexity index is 886. The van der Waals surface area contributed by atoms with Crippen LogP contribution in [0.3, 0.4) is 0 Å². The monoisotopic (exact) mass is 359 g/mol.